The minimum Gasteiger partial charge on any atom is -0.370 e. The molecule has 2 aromatic rings. The SMILES string of the molecule is NC1=NCC(c2ccccc2Cl)N1Cc1cccs1. The van der Waals surface area contributed by atoms with Gasteiger partial charge in [0.2, 0.25) is 0 Å². The van der Waals surface area contributed by atoms with Gasteiger partial charge in [0, 0.05) is 9.90 Å². The number of benzene rings is 1. The van der Waals surface area contributed by atoms with Crippen molar-refractivity contribution in [1.29, 1.82) is 0 Å². The molecule has 1 atom stereocenters. The fourth-order valence-electron chi connectivity index (χ4n) is 2.30. The second-order valence-electron chi connectivity index (χ2n) is 4.44. The minimum absolute atomic E-state index is 0.135. The monoisotopic (exact) mass is 291 g/mol. The Labute approximate surface area is 121 Å². The quantitative estimate of drug-likeness (QED) is 0.943. The second-order valence-corrected chi connectivity index (χ2v) is 5.88. The molecule has 0 amide bonds. The zero-order valence-electron chi connectivity index (χ0n) is 10.3. The van der Waals surface area contributed by atoms with Crippen molar-refractivity contribution in [1.82, 2.24) is 4.90 Å². The van der Waals surface area contributed by atoms with Crippen molar-refractivity contribution in [3.63, 3.8) is 0 Å². The predicted octanol–water partition coefficient (Wildman–Crippen LogP) is 3.27. The predicted molar refractivity (Wildman–Crippen MR) is 80.5 cm³/mol. The van der Waals surface area contributed by atoms with Crippen LogP contribution in [0.2, 0.25) is 5.02 Å². The van der Waals surface area contributed by atoms with E-state index in [4.69, 9.17) is 17.3 Å². The maximum absolute atomic E-state index is 6.28. The van der Waals surface area contributed by atoms with E-state index in [1.807, 2.05) is 30.3 Å². The number of rotatable bonds is 3. The lowest BCUT2D eigenvalue weighted by molar-refractivity contribution is 0.343. The molecule has 2 N–H and O–H groups in total. The maximum Gasteiger partial charge on any atom is 0.192 e. The van der Waals surface area contributed by atoms with Crippen molar-refractivity contribution >= 4 is 28.9 Å². The highest BCUT2D eigenvalue weighted by Gasteiger charge is 2.28. The molecule has 0 saturated carbocycles. The summed E-state index contributed by atoms with van der Waals surface area (Å²) in [5, 5.41) is 2.84. The summed E-state index contributed by atoms with van der Waals surface area (Å²) in [6.45, 7) is 1.45. The normalized spacial score (nSPS) is 18.7. The summed E-state index contributed by atoms with van der Waals surface area (Å²) in [6, 6.07) is 12.2. The van der Waals surface area contributed by atoms with Gasteiger partial charge in [0.1, 0.15) is 0 Å². The Bertz CT molecular complexity index is 594. The molecule has 0 bridgehead atoms. The molecular formula is C14H14ClN3S. The fourth-order valence-corrected chi connectivity index (χ4v) is 3.27. The molecule has 5 heteroatoms. The van der Waals surface area contributed by atoms with Gasteiger partial charge < -0.3 is 10.6 Å². The molecule has 3 rings (SSSR count). The van der Waals surface area contributed by atoms with Gasteiger partial charge in [-0.15, -0.1) is 11.3 Å². The summed E-state index contributed by atoms with van der Waals surface area (Å²) in [6.07, 6.45) is 0. The summed E-state index contributed by atoms with van der Waals surface area (Å²) in [5.74, 6) is 0.596. The highest BCUT2D eigenvalue weighted by atomic mass is 35.5. The lowest BCUT2D eigenvalue weighted by atomic mass is 10.1. The summed E-state index contributed by atoms with van der Waals surface area (Å²) in [4.78, 5) is 7.76. The first-order chi connectivity index (χ1) is 9.25. The number of hydrogen-bond acceptors (Lipinski definition) is 4. The van der Waals surface area contributed by atoms with Gasteiger partial charge in [-0.3, -0.25) is 4.99 Å². The number of aliphatic imine (C=N–C) groups is 1. The lowest BCUT2D eigenvalue weighted by Gasteiger charge is -2.26. The van der Waals surface area contributed by atoms with Crippen molar-refractivity contribution in [3.8, 4) is 0 Å². The Morgan fingerprint density at radius 1 is 1.32 bits per heavy atom. The van der Waals surface area contributed by atoms with E-state index in [0.29, 0.717) is 12.5 Å². The van der Waals surface area contributed by atoms with Crippen molar-refractivity contribution in [2.45, 2.75) is 12.6 Å². The molecule has 98 valence electrons. The largest absolute Gasteiger partial charge is 0.370 e. The Hall–Kier alpha value is -1.52. The first-order valence-electron chi connectivity index (χ1n) is 6.09. The molecule has 0 radical (unpaired) electrons. The third kappa shape index (κ3) is 2.46. The molecule has 1 aromatic carbocycles. The van der Waals surface area contributed by atoms with E-state index < -0.39 is 0 Å². The highest BCUT2D eigenvalue weighted by molar-refractivity contribution is 7.09. The summed E-state index contributed by atoms with van der Waals surface area (Å²) in [7, 11) is 0. The van der Waals surface area contributed by atoms with Crippen LogP contribution in [0.1, 0.15) is 16.5 Å². The molecular weight excluding hydrogens is 278 g/mol. The maximum atomic E-state index is 6.28. The first-order valence-corrected chi connectivity index (χ1v) is 7.35. The Morgan fingerprint density at radius 2 is 2.16 bits per heavy atom. The van der Waals surface area contributed by atoms with E-state index in [1.165, 1.54) is 4.88 Å². The molecule has 0 saturated heterocycles. The van der Waals surface area contributed by atoms with E-state index in [-0.39, 0.29) is 6.04 Å². The molecule has 1 aliphatic rings. The van der Waals surface area contributed by atoms with Crippen molar-refractivity contribution in [2.24, 2.45) is 10.7 Å². The molecule has 3 nitrogen and oxygen atoms in total. The molecule has 19 heavy (non-hydrogen) atoms. The average molecular weight is 292 g/mol. The highest BCUT2D eigenvalue weighted by Crippen LogP contribution is 2.32. The van der Waals surface area contributed by atoms with Crippen LogP contribution >= 0.6 is 22.9 Å². The fraction of sp³-hybridized carbons (Fsp3) is 0.214. The zero-order valence-corrected chi connectivity index (χ0v) is 11.9. The van der Waals surface area contributed by atoms with Gasteiger partial charge in [-0.2, -0.15) is 0 Å². The molecule has 0 fully saturated rings. The number of nitrogens with zero attached hydrogens (tertiary/aromatic N) is 2. The van der Waals surface area contributed by atoms with Gasteiger partial charge in [-0.1, -0.05) is 35.9 Å². The van der Waals surface area contributed by atoms with E-state index in [1.54, 1.807) is 11.3 Å². The van der Waals surface area contributed by atoms with E-state index in [9.17, 15) is 0 Å². The second kappa shape index (κ2) is 5.23. The van der Waals surface area contributed by atoms with Crippen LogP contribution in [-0.4, -0.2) is 17.4 Å². The van der Waals surface area contributed by atoms with Gasteiger partial charge in [-0.05, 0) is 23.1 Å². The minimum atomic E-state index is 0.135. The van der Waals surface area contributed by atoms with Crippen molar-refractivity contribution in [3.05, 3.63) is 57.2 Å². The summed E-state index contributed by atoms with van der Waals surface area (Å²) in [5.41, 5.74) is 7.10. The van der Waals surface area contributed by atoms with Crippen molar-refractivity contribution < 1.29 is 0 Å². The standard InChI is InChI=1S/C14H14ClN3S/c15-12-6-2-1-5-11(12)13-8-17-14(16)18(13)9-10-4-3-7-19-10/h1-7,13H,8-9H2,(H2,16,17). The van der Waals surface area contributed by atoms with Gasteiger partial charge in [0.25, 0.3) is 0 Å². The molecule has 2 heterocycles. The third-order valence-corrected chi connectivity index (χ3v) is 4.47. The van der Waals surface area contributed by atoms with Gasteiger partial charge in [0.05, 0.1) is 19.1 Å². The molecule has 1 aromatic heterocycles. The van der Waals surface area contributed by atoms with E-state index >= 15 is 0 Å². The Kier molecular flexibility index (Phi) is 3.44. The van der Waals surface area contributed by atoms with Crippen LogP contribution in [0.3, 0.4) is 0 Å². The first kappa shape index (κ1) is 12.5. The Balaban J connectivity index is 1.88. The van der Waals surface area contributed by atoms with Crippen LogP contribution in [-0.2, 0) is 6.54 Å². The summed E-state index contributed by atoms with van der Waals surface area (Å²) >= 11 is 8.01. The van der Waals surface area contributed by atoms with E-state index in [2.05, 4.69) is 21.3 Å². The molecule has 0 aliphatic carbocycles. The number of thiophene rings is 1. The molecule has 1 unspecified atom stereocenters. The van der Waals surface area contributed by atoms with Crippen LogP contribution in [0.25, 0.3) is 0 Å². The van der Waals surface area contributed by atoms with Gasteiger partial charge in [-0.25, -0.2) is 0 Å². The molecule has 0 spiro atoms. The van der Waals surface area contributed by atoms with Crippen LogP contribution in [0.4, 0.5) is 0 Å². The summed E-state index contributed by atoms with van der Waals surface area (Å²) < 4.78 is 0. The average Bonchev–Trinajstić information content (AvgIpc) is 3.03. The third-order valence-electron chi connectivity index (χ3n) is 3.27. The number of hydrogen-bond donors (Lipinski definition) is 1. The Morgan fingerprint density at radius 3 is 2.89 bits per heavy atom. The van der Waals surface area contributed by atoms with Crippen LogP contribution < -0.4 is 5.73 Å². The van der Waals surface area contributed by atoms with Crippen molar-refractivity contribution in [2.75, 3.05) is 6.54 Å². The number of nitrogens with two attached hydrogens (primary N) is 1. The van der Waals surface area contributed by atoms with Gasteiger partial charge in [0.15, 0.2) is 5.96 Å². The van der Waals surface area contributed by atoms with Crippen LogP contribution in [0.5, 0.6) is 0 Å². The zero-order chi connectivity index (χ0) is 13.2. The number of guanidine groups is 1. The van der Waals surface area contributed by atoms with Gasteiger partial charge >= 0.3 is 0 Å². The van der Waals surface area contributed by atoms with E-state index in [0.717, 1.165) is 17.1 Å². The smallest absolute Gasteiger partial charge is 0.192 e. The number of halogens is 1. The molecule has 1 aliphatic heterocycles. The lowest BCUT2D eigenvalue weighted by Crippen LogP contribution is -2.35. The van der Waals surface area contributed by atoms with Crippen LogP contribution in [0, 0.1) is 0 Å². The van der Waals surface area contributed by atoms with Crippen LogP contribution in [0.15, 0.2) is 46.8 Å². The topological polar surface area (TPSA) is 41.6 Å².